The highest BCUT2D eigenvalue weighted by Gasteiger charge is 2.51. The van der Waals surface area contributed by atoms with Crippen LogP contribution < -0.4 is 9.64 Å². The van der Waals surface area contributed by atoms with Gasteiger partial charge in [0.05, 0.1) is 37.9 Å². The topological polar surface area (TPSA) is 113 Å². The smallest absolute Gasteiger partial charge is 0.319 e. The van der Waals surface area contributed by atoms with E-state index in [9.17, 15) is 10.2 Å². The van der Waals surface area contributed by atoms with Gasteiger partial charge in [-0.1, -0.05) is 19.4 Å². The molecule has 2 aromatic carbocycles. The zero-order chi connectivity index (χ0) is 37.0. The highest BCUT2D eigenvalue weighted by Crippen LogP contribution is 2.51. The lowest BCUT2D eigenvalue weighted by Crippen LogP contribution is -2.56. The Bertz CT molecular complexity index is 2030. The number of β-amino-alcohol motifs (C(OH)–C–C–N with tert-alkyl or cyclic N) is 1. The monoisotopic (exact) mass is 743 g/mol. The van der Waals surface area contributed by atoms with E-state index < -0.39 is 17.7 Å². The maximum atomic E-state index is 17.1. The van der Waals surface area contributed by atoms with Crippen LogP contribution in [0.4, 0.5) is 14.6 Å². The van der Waals surface area contributed by atoms with Crippen LogP contribution in [0.5, 0.6) is 11.8 Å². The largest absolute Gasteiger partial charge is 0.508 e. The van der Waals surface area contributed by atoms with E-state index in [1.165, 1.54) is 50.4 Å². The van der Waals surface area contributed by atoms with Gasteiger partial charge < -0.3 is 29.3 Å². The third-order valence-electron chi connectivity index (χ3n) is 13.5. The molecule has 0 amide bonds. The third-order valence-corrected chi connectivity index (χ3v) is 13.5. The van der Waals surface area contributed by atoms with Gasteiger partial charge in [0.2, 0.25) is 0 Å². The second kappa shape index (κ2) is 14.4. The molecule has 2 saturated carbocycles. The molecular weight excluding hydrogens is 692 g/mol. The summed E-state index contributed by atoms with van der Waals surface area (Å²) >= 11 is 0. The number of ether oxygens (including phenoxy) is 3. The fourth-order valence-corrected chi connectivity index (χ4v) is 10.7. The summed E-state index contributed by atoms with van der Waals surface area (Å²) in [6.07, 6.45) is 12.8. The maximum Gasteiger partial charge on any atom is 0.319 e. The molecule has 3 aliphatic heterocycles. The van der Waals surface area contributed by atoms with Crippen LogP contribution in [-0.2, 0) is 15.9 Å². The van der Waals surface area contributed by atoms with Gasteiger partial charge in [-0.15, -0.1) is 0 Å². The molecule has 10 nitrogen and oxygen atoms in total. The van der Waals surface area contributed by atoms with Gasteiger partial charge in [0.1, 0.15) is 28.6 Å². The van der Waals surface area contributed by atoms with Gasteiger partial charge >= 0.3 is 6.01 Å². The molecule has 3 saturated heterocycles. The number of aryl methyl sites for hydroxylation is 1. The number of benzene rings is 2. The number of nitrogens with zero attached hydrogens (tertiary/aromatic N) is 5. The number of piperidine rings is 1. The number of pyridine rings is 1. The Balaban J connectivity index is 1.08. The Morgan fingerprint density at radius 1 is 0.981 bits per heavy atom. The number of aromatic hydroxyl groups is 1. The molecule has 2 aromatic heterocycles. The van der Waals surface area contributed by atoms with Crippen molar-refractivity contribution in [2.24, 2.45) is 10.8 Å². The fraction of sp³-hybridized carbons (Fsp3) is 0.595. The number of likely N-dealkylation sites (tertiary alicyclic amines) is 1. The van der Waals surface area contributed by atoms with Gasteiger partial charge in [-0.05, 0) is 111 Å². The summed E-state index contributed by atoms with van der Waals surface area (Å²) in [5.74, 6) is -0.779. The SMILES string of the molecule is CCc1c(F)ccc2cc(O)cc(-c3ncc4c(N5CCOCC(O)C5)nc(OCC56CCCC5N(C5CCC7(CCOC7)CC5)CCC6)nc4c3F)c12. The van der Waals surface area contributed by atoms with Crippen LogP contribution in [0.1, 0.15) is 76.7 Å². The number of aromatic nitrogens is 3. The quantitative estimate of drug-likeness (QED) is 0.206. The Morgan fingerprint density at radius 3 is 2.65 bits per heavy atom. The van der Waals surface area contributed by atoms with E-state index in [1.54, 1.807) is 12.1 Å². The number of aliphatic hydroxyl groups is 1. The molecule has 9 rings (SSSR count). The number of phenolic OH excluding ortho intramolecular Hbond substituents is 1. The van der Waals surface area contributed by atoms with E-state index in [0.29, 0.717) is 71.2 Å². The second-order valence-electron chi connectivity index (χ2n) is 16.6. The number of fused-ring (bicyclic) bond motifs is 3. The maximum absolute atomic E-state index is 17.1. The van der Waals surface area contributed by atoms with Crippen molar-refractivity contribution >= 4 is 27.5 Å². The van der Waals surface area contributed by atoms with Crippen molar-refractivity contribution in [3.8, 4) is 23.0 Å². The predicted molar refractivity (Wildman–Crippen MR) is 202 cm³/mol. The molecule has 12 heteroatoms. The number of aliphatic hydroxyl groups excluding tert-OH is 1. The van der Waals surface area contributed by atoms with Gasteiger partial charge in [-0.25, -0.2) is 8.78 Å². The second-order valence-corrected chi connectivity index (χ2v) is 16.6. The molecule has 0 bridgehead atoms. The minimum absolute atomic E-state index is 0.0170. The van der Waals surface area contributed by atoms with Crippen LogP contribution in [0.25, 0.3) is 32.9 Å². The van der Waals surface area contributed by atoms with Crippen LogP contribution in [0.15, 0.2) is 30.5 Å². The number of hydrogen-bond donors (Lipinski definition) is 2. The predicted octanol–water partition coefficient (Wildman–Crippen LogP) is 6.95. The third kappa shape index (κ3) is 6.36. The van der Waals surface area contributed by atoms with Gasteiger partial charge in [-0.3, -0.25) is 9.88 Å². The molecule has 0 radical (unpaired) electrons. The Labute approximate surface area is 314 Å². The summed E-state index contributed by atoms with van der Waals surface area (Å²) in [6.45, 7) is 6.43. The summed E-state index contributed by atoms with van der Waals surface area (Å²) in [6, 6.07) is 7.01. The molecule has 5 fully saturated rings. The first-order chi connectivity index (χ1) is 26.3. The van der Waals surface area contributed by atoms with Crippen molar-refractivity contribution in [3.05, 3.63) is 47.7 Å². The van der Waals surface area contributed by atoms with Crippen molar-refractivity contribution in [2.75, 3.05) is 57.6 Å². The van der Waals surface area contributed by atoms with E-state index in [2.05, 4.69) is 9.88 Å². The van der Waals surface area contributed by atoms with E-state index in [4.69, 9.17) is 24.2 Å². The first-order valence-electron chi connectivity index (χ1n) is 20.0. The first-order valence-corrected chi connectivity index (χ1v) is 20.0. The zero-order valence-electron chi connectivity index (χ0n) is 31.2. The van der Waals surface area contributed by atoms with E-state index in [-0.39, 0.29) is 47.1 Å². The number of hydrogen-bond acceptors (Lipinski definition) is 10. The molecular formula is C42H51F2N5O5. The number of anilines is 1. The van der Waals surface area contributed by atoms with Crippen LogP contribution in [0, 0.1) is 22.5 Å². The van der Waals surface area contributed by atoms with Crippen LogP contribution in [0.2, 0.25) is 0 Å². The van der Waals surface area contributed by atoms with Crippen molar-refractivity contribution < 1.29 is 33.2 Å². The van der Waals surface area contributed by atoms with E-state index >= 15 is 8.78 Å². The first kappa shape index (κ1) is 36.0. The van der Waals surface area contributed by atoms with Gasteiger partial charge in [0.25, 0.3) is 0 Å². The lowest BCUT2D eigenvalue weighted by atomic mass is 9.69. The highest BCUT2D eigenvalue weighted by molar-refractivity contribution is 6.01. The Morgan fingerprint density at radius 2 is 1.83 bits per heavy atom. The number of phenols is 1. The Kier molecular flexibility index (Phi) is 9.60. The normalized spacial score (nSPS) is 29.3. The summed E-state index contributed by atoms with van der Waals surface area (Å²) in [7, 11) is 0. The van der Waals surface area contributed by atoms with Gasteiger partial charge in [0.15, 0.2) is 5.82 Å². The number of rotatable bonds is 7. The molecule has 3 unspecified atom stereocenters. The van der Waals surface area contributed by atoms with Crippen molar-refractivity contribution in [1.29, 1.82) is 0 Å². The minimum Gasteiger partial charge on any atom is -0.508 e. The summed E-state index contributed by atoms with van der Waals surface area (Å²) in [4.78, 5) is 18.9. The summed E-state index contributed by atoms with van der Waals surface area (Å²) in [5, 5.41) is 22.8. The molecule has 5 heterocycles. The van der Waals surface area contributed by atoms with Crippen molar-refractivity contribution in [1.82, 2.24) is 19.9 Å². The van der Waals surface area contributed by atoms with E-state index in [1.807, 2.05) is 11.8 Å². The van der Waals surface area contributed by atoms with Crippen LogP contribution in [-0.4, -0.2) is 101 Å². The lowest BCUT2D eigenvalue weighted by molar-refractivity contribution is -0.0405. The van der Waals surface area contributed by atoms with Crippen LogP contribution in [0.3, 0.4) is 0 Å². The molecule has 4 aromatic rings. The van der Waals surface area contributed by atoms with Gasteiger partial charge in [-0.2, -0.15) is 9.97 Å². The molecule has 5 aliphatic rings. The van der Waals surface area contributed by atoms with Crippen molar-refractivity contribution in [3.63, 3.8) is 0 Å². The highest BCUT2D eigenvalue weighted by atomic mass is 19.1. The fourth-order valence-electron chi connectivity index (χ4n) is 10.7. The summed E-state index contributed by atoms with van der Waals surface area (Å²) in [5.41, 5.74) is 1.01. The molecule has 2 N–H and O–H groups in total. The Hall–Kier alpha value is -3.71. The standard InChI is InChI=1S/C42H51F2N5O5/c1-2-30-33(43)7-6-26-19-28(50)20-31(35(26)30)37-36(44)38-32(21-45-37)39(48-16-18-52-23-29(51)22-48)47-40(46-38)54-25-42-10-3-5-34(42)49(15-4-11-42)27-8-12-41(13-9-27)14-17-53-24-41/h6-7,19-21,27,29,34,50-51H,2-5,8-18,22-25H2,1H3. The van der Waals surface area contributed by atoms with Crippen LogP contribution >= 0.6 is 0 Å². The molecule has 54 heavy (non-hydrogen) atoms. The average Bonchev–Trinajstić information content (AvgIpc) is 3.76. The minimum atomic E-state index is -0.762. The molecule has 1 spiro atoms. The molecule has 288 valence electrons. The lowest BCUT2D eigenvalue weighted by Gasteiger charge is -2.51. The summed E-state index contributed by atoms with van der Waals surface area (Å²) < 4.78 is 50.3. The van der Waals surface area contributed by atoms with Gasteiger partial charge in [0, 0.05) is 49.0 Å². The average molecular weight is 744 g/mol. The molecule has 3 atom stereocenters. The number of halogens is 2. The van der Waals surface area contributed by atoms with E-state index in [0.717, 1.165) is 51.9 Å². The van der Waals surface area contributed by atoms with Crippen molar-refractivity contribution in [2.45, 2.75) is 95.7 Å². The molecule has 2 aliphatic carbocycles. The zero-order valence-corrected chi connectivity index (χ0v) is 31.2.